The molecule has 0 saturated carbocycles. The lowest BCUT2D eigenvalue weighted by Crippen LogP contribution is -2.39. The summed E-state index contributed by atoms with van der Waals surface area (Å²) in [7, 11) is 0. The number of rotatable bonds is 3. The Morgan fingerprint density at radius 3 is 2.62 bits per heavy atom. The Morgan fingerprint density at radius 1 is 1.12 bits per heavy atom. The monoisotopic (exact) mass is 363 g/mol. The molecule has 3 nitrogen and oxygen atoms in total. The standard InChI is InChI=1S/C19H19Cl2NO2/c20-12-8-16-15(17(21)9-12)10-18(22-7-6-13(23)11-22)19(16)24-14-4-2-1-3-5-14/h1-5,8-9,13,18-19,23H,6-7,10-11H2/t13-,18+,19+/m1/s1. The van der Waals surface area contributed by atoms with Gasteiger partial charge in [0.15, 0.2) is 0 Å². The Kier molecular flexibility index (Phi) is 4.44. The first-order valence-electron chi connectivity index (χ1n) is 8.23. The average molecular weight is 364 g/mol. The molecule has 1 N–H and O–H groups in total. The molecule has 126 valence electrons. The fourth-order valence-electron chi connectivity index (χ4n) is 3.79. The van der Waals surface area contributed by atoms with Crippen LogP contribution in [0.2, 0.25) is 10.0 Å². The number of halogens is 2. The van der Waals surface area contributed by atoms with Crippen molar-refractivity contribution in [3.8, 4) is 5.75 Å². The van der Waals surface area contributed by atoms with Crippen molar-refractivity contribution in [2.45, 2.75) is 31.1 Å². The summed E-state index contributed by atoms with van der Waals surface area (Å²) in [4.78, 5) is 2.31. The van der Waals surface area contributed by atoms with E-state index in [1.807, 2.05) is 36.4 Å². The summed E-state index contributed by atoms with van der Waals surface area (Å²) in [5.41, 5.74) is 2.16. The average Bonchev–Trinajstić information content (AvgIpc) is 3.13. The van der Waals surface area contributed by atoms with Crippen LogP contribution in [0.3, 0.4) is 0 Å². The SMILES string of the molecule is O[C@@H]1CCN([C@H]2Cc3c(Cl)cc(Cl)cc3[C@@H]2Oc2ccccc2)C1. The first kappa shape index (κ1) is 16.2. The maximum Gasteiger partial charge on any atom is 0.140 e. The summed E-state index contributed by atoms with van der Waals surface area (Å²) in [5, 5.41) is 11.2. The van der Waals surface area contributed by atoms with E-state index < -0.39 is 0 Å². The third-order valence-corrected chi connectivity index (χ3v) is 5.49. The van der Waals surface area contributed by atoms with Gasteiger partial charge in [0.25, 0.3) is 0 Å². The molecular weight excluding hydrogens is 345 g/mol. The minimum atomic E-state index is -0.259. The van der Waals surface area contributed by atoms with Gasteiger partial charge in [-0.3, -0.25) is 4.90 Å². The lowest BCUT2D eigenvalue weighted by Gasteiger charge is -2.30. The molecule has 4 rings (SSSR count). The van der Waals surface area contributed by atoms with E-state index in [2.05, 4.69) is 4.90 Å². The second-order valence-corrected chi connectivity index (χ2v) is 7.36. The quantitative estimate of drug-likeness (QED) is 0.890. The lowest BCUT2D eigenvalue weighted by atomic mass is 10.1. The maximum atomic E-state index is 9.92. The number of aliphatic hydroxyl groups excluding tert-OH is 1. The van der Waals surface area contributed by atoms with Gasteiger partial charge in [0.05, 0.1) is 12.1 Å². The summed E-state index contributed by atoms with van der Waals surface area (Å²) in [6.07, 6.45) is 1.23. The zero-order valence-electron chi connectivity index (χ0n) is 13.2. The van der Waals surface area contributed by atoms with Crippen LogP contribution in [0.1, 0.15) is 23.7 Å². The van der Waals surface area contributed by atoms with Crippen LogP contribution >= 0.6 is 23.2 Å². The summed E-state index contributed by atoms with van der Waals surface area (Å²) >= 11 is 12.7. The number of aliphatic hydroxyl groups is 1. The van der Waals surface area contributed by atoms with Gasteiger partial charge in [-0.1, -0.05) is 41.4 Å². The van der Waals surface area contributed by atoms with Crippen molar-refractivity contribution in [1.82, 2.24) is 4.90 Å². The molecule has 2 aromatic carbocycles. The highest BCUT2D eigenvalue weighted by Crippen LogP contribution is 2.43. The third kappa shape index (κ3) is 3.02. The number of likely N-dealkylation sites (tertiary alicyclic amines) is 1. The summed E-state index contributed by atoms with van der Waals surface area (Å²) < 4.78 is 6.33. The highest BCUT2D eigenvalue weighted by Gasteiger charge is 2.41. The van der Waals surface area contributed by atoms with Crippen LogP contribution in [0.5, 0.6) is 5.75 Å². The molecule has 0 spiro atoms. The molecule has 0 unspecified atom stereocenters. The Hall–Kier alpha value is -1.26. The summed E-state index contributed by atoms with van der Waals surface area (Å²) in [6.45, 7) is 1.55. The number of hydrogen-bond acceptors (Lipinski definition) is 3. The van der Waals surface area contributed by atoms with Crippen molar-refractivity contribution in [3.05, 3.63) is 63.6 Å². The molecule has 3 atom stereocenters. The summed E-state index contributed by atoms with van der Waals surface area (Å²) in [6, 6.07) is 13.7. The first-order valence-corrected chi connectivity index (χ1v) is 8.99. The van der Waals surface area contributed by atoms with E-state index in [9.17, 15) is 5.11 Å². The normalized spacial score (nSPS) is 26.5. The van der Waals surface area contributed by atoms with Crippen LogP contribution in [0.25, 0.3) is 0 Å². The molecule has 1 fully saturated rings. The van der Waals surface area contributed by atoms with Crippen molar-refractivity contribution < 1.29 is 9.84 Å². The molecule has 2 aromatic rings. The van der Waals surface area contributed by atoms with E-state index in [1.165, 1.54) is 0 Å². The molecule has 0 amide bonds. The molecule has 2 aliphatic rings. The minimum Gasteiger partial charge on any atom is -0.484 e. The van der Waals surface area contributed by atoms with E-state index >= 15 is 0 Å². The molecule has 1 aliphatic heterocycles. The first-order chi connectivity index (χ1) is 11.6. The number of ether oxygens (including phenoxy) is 1. The fourth-order valence-corrected chi connectivity index (χ4v) is 4.38. The number of nitrogens with zero attached hydrogens (tertiary/aromatic N) is 1. The smallest absolute Gasteiger partial charge is 0.140 e. The largest absolute Gasteiger partial charge is 0.484 e. The Balaban J connectivity index is 1.70. The van der Waals surface area contributed by atoms with E-state index in [-0.39, 0.29) is 18.2 Å². The molecule has 5 heteroatoms. The van der Waals surface area contributed by atoms with Crippen molar-refractivity contribution in [2.24, 2.45) is 0 Å². The topological polar surface area (TPSA) is 32.7 Å². The molecule has 1 aliphatic carbocycles. The second kappa shape index (κ2) is 6.57. The zero-order valence-corrected chi connectivity index (χ0v) is 14.7. The van der Waals surface area contributed by atoms with Gasteiger partial charge >= 0.3 is 0 Å². The van der Waals surface area contributed by atoms with Crippen LogP contribution in [0, 0.1) is 0 Å². The van der Waals surface area contributed by atoms with Crippen molar-refractivity contribution >= 4 is 23.2 Å². The molecule has 0 aromatic heterocycles. The van der Waals surface area contributed by atoms with Crippen molar-refractivity contribution in [1.29, 1.82) is 0 Å². The van der Waals surface area contributed by atoms with E-state index in [1.54, 1.807) is 6.07 Å². The second-order valence-electron chi connectivity index (χ2n) is 6.52. The highest BCUT2D eigenvalue weighted by molar-refractivity contribution is 6.35. The Morgan fingerprint density at radius 2 is 1.92 bits per heavy atom. The molecule has 0 bridgehead atoms. The van der Waals surface area contributed by atoms with Gasteiger partial charge in [0.2, 0.25) is 0 Å². The fraction of sp³-hybridized carbons (Fsp3) is 0.368. The predicted molar refractivity (Wildman–Crippen MR) is 96.0 cm³/mol. The van der Waals surface area contributed by atoms with Gasteiger partial charge in [-0.05, 0) is 42.7 Å². The number of hydrogen-bond donors (Lipinski definition) is 1. The van der Waals surface area contributed by atoms with Gasteiger partial charge < -0.3 is 9.84 Å². The number of para-hydroxylation sites is 1. The number of benzene rings is 2. The minimum absolute atomic E-state index is 0.135. The predicted octanol–water partition coefficient (Wildman–Crippen LogP) is 4.10. The van der Waals surface area contributed by atoms with E-state index in [4.69, 9.17) is 27.9 Å². The lowest BCUT2D eigenvalue weighted by molar-refractivity contribution is 0.0818. The summed E-state index contributed by atoms with van der Waals surface area (Å²) in [5.74, 6) is 0.830. The van der Waals surface area contributed by atoms with Gasteiger partial charge in [-0.2, -0.15) is 0 Å². The van der Waals surface area contributed by atoms with Gasteiger partial charge in [0, 0.05) is 28.7 Å². The molecule has 24 heavy (non-hydrogen) atoms. The van der Waals surface area contributed by atoms with E-state index in [0.29, 0.717) is 16.6 Å². The third-order valence-electron chi connectivity index (χ3n) is 4.93. The number of β-amino-alcohol motifs (C(OH)–C–C–N with tert-alkyl or cyclic N) is 1. The molecular formula is C19H19Cl2NO2. The number of fused-ring (bicyclic) bond motifs is 1. The zero-order chi connectivity index (χ0) is 16.7. The molecule has 1 heterocycles. The van der Waals surface area contributed by atoms with Gasteiger partial charge in [-0.15, -0.1) is 0 Å². The van der Waals surface area contributed by atoms with Crippen molar-refractivity contribution in [3.63, 3.8) is 0 Å². The Labute approximate surface area is 151 Å². The van der Waals surface area contributed by atoms with Crippen molar-refractivity contribution in [2.75, 3.05) is 13.1 Å². The highest BCUT2D eigenvalue weighted by atomic mass is 35.5. The van der Waals surface area contributed by atoms with Crippen LogP contribution in [-0.2, 0) is 6.42 Å². The molecule has 1 saturated heterocycles. The maximum absolute atomic E-state index is 9.92. The van der Waals surface area contributed by atoms with Crippen LogP contribution < -0.4 is 4.74 Å². The Bertz CT molecular complexity index is 738. The van der Waals surface area contributed by atoms with Gasteiger partial charge in [-0.25, -0.2) is 0 Å². The molecule has 0 radical (unpaired) electrons. The van der Waals surface area contributed by atoms with Crippen LogP contribution in [-0.4, -0.2) is 35.2 Å². The van der Waals surface area contributed by atoms with E-state index in [0.717, 1.165) is 36.3 Å². The van der Waals surface area contributed by atoms with Crippen LogP contribution in [0.15, 0.2) is 42.5 Å². The van der Waals surface area contributed by atoms with Crippen LogP contribution in [0.4, 0.5) is 0 Å². The van der Waals surface area contributed by atoms with Gasteiger partial charge in [0.1, 0.15) is 11.9 Å².